The van der Waals surface area contributed by atoms with E-state index in [4.69, 9.17) is 9.84 Å². The number of carbonyl (C=O) groups excluding carboxylic acids is 1. The second-order valence-corrected chi connectivity index (χ2v) is 4.50. The predicted octanol–water partition coefficient (Wildman–Crippen LogP) is 2.32. The number of carbonyl (C=O) groups is 2. The van der Waals surface area contributed by atoms with Crippen LogP contribution in [0.2, 0.25) is 0 Å². The lowest BCUT2D eigenvalue weighted by molar-refractivity contribution is -0.140. The Morgan fingerprint density at radius 2 is 2.00 bits per heavy atom. The first kappa shape index (κ1) is 15.8. The molecule has 2 atom stereocenters. The van der Waals surface area contributed by atoms with Crippen molar-refractivity contribution in [3.8, 4) is 5.75 Å². The third kappa shape index (κ3) is 4.15. The van der Waals surface area contributed by atoms with Crippen molar-refractivity contribution in [2.24, 2.45) is 5.92 Å². The lowest BCUT2D eigenvalue weighted by Crippen LogP contribution is -2.46. The molecule has 1 aromatic rings. The van der Waals surface area contributed by atoms with E-state index in [1.165, 1.54) is 7.11 Å². The number of aliphatic carboxylic acids is 1. The van der Waals surface area contributed by atoms with Gasteiger partial charge < -0.3 is 20.5 Å². The molecule has 20 heavy (non-hydrogen) atoms. The summed E-state index contributed by atoms with van der Waals surface area (Å²) >= 11 is 0. The van der Waals surface area contributed by atoms with Crippen LogP contribution in [-0.2, 0) is 4.79 Å². The van der Waals surface area contributed by atoms with Crippen LogP contribution in [0.15, 0.2) is 24.3 Å². The molecule has 2 amide bonds. The fourth-order valence-corrected chi connectivity index (χ4v) is 1.73. The van der Waals surface area contributed by atoms with Gasteiger partial charge in [-0.3, -0.25) is 0 Å². The number of benzene rings is 1. The minimum absolute atomic E-state index is 0.157. The van der Waals surface area contributed by atoms with Crippen molar-refractivity contribution in [2.75, 3.05) is 12.4 Å². The normalized spacial score (nSPS) is 13.2. The first-order valence-electron chi connectivity index (χ1n) is 6.42. The molecule has 0 aliphatic heterocycles. The largest absolute Gasteiger partial charge is 0.495 e. The Morgan fingerprint density at radius 1 is 1.35 bits per heavy atom. The topological polar surface area (TPSA) is 87.7 Å². The highest BCUT2D eigenvalue weighted by Gasteiger charge is 2.25. The Labute approximate surface area is 118 Å². The number of nitrogens with one attached hydrogen (secondary N) is 2. The fraction of sp³-hybridized carbons (Fsp3) is 0.429. The van der Waals surface area contributed by atoms with E-state index in [1.807, 2.05) is 6.92 Å². The Hall–Kier alpha value is -2.24. The first-order valence-corrected chi connectivity index (χ1v) is 6.42. The molecule has 0 heterocycles. The molecule has 0 saturated heterocycles. The molecule has 110 valence electrons. The fourth-order valence-electron chi connectivity index (χ4n) is 1.73. The SMILES string of the molecule is CCC(C)[C@H](NC(=O)Nc1ccccc1OC)C(=O)O. The highest BCUT2D eigenvalue weighted by Crippen LogP contribution is 2.22. The average molecular weight is 280 g/mol. The summed E-state index contributed by atoms with van der Waals surface area (Å²) in [5.41, 5.74) is 0.487. The van der Waals surface area contributed by atoms with Gasteiger partial charge >= 0.3 is 12.0 Å². The van der Waals surface area contributed by atoms with Crippen molar-refractivity contribution in [1.82, 2.24) is 5.32 Å². The summed E-state index contributed by atoms with van der Waals surface area (Å²) in [6, 6.07) is 5.43. The monoisotopic (exact) mass is 280 g/mol. The van der Waals surface area contributed by atoms with Gasteiger partial charge in [-0.1, -0.05) is 32.4 Å². The maximum absolute atomic E-state index is 11.9. The van der Waals surface area contributed by atoms with Gasteiger partial charge in [-0.15, -0.1) is 0 Å². The molecule has 3 N–H and O–H groups in total. The van der Waals surface area contributed by atoms with Crippen molar-refractivity contribution < 1.29 is 19.4 Å². The van der Waals surface area contributed by atoms with E-state index in [0.29, 0.717) is 17.9 Å². The first-order chi connectivity index (χ1) is 9.49. The average Bonchev–Trinajstić information content (AvgIpc) is 2.44. The molecule has 1 unspecified atom stereocenters. The summed E-state index contributed by atoms with van der Waals surface area (Å²) in [4.78, 5) is 23.0. The predicted molar refractivity (Wildman–Crippen MR) is 76.0 cm³/mol. The van der Waals surface area contributed by atoms with Gasteiger partial charge in [0.15, 0.2) is 0 Å². The number of carboxylic acid groups (broad SMARTS) is 1. The van der Waals surface area contributed by atoms with E-state index in [9.17, 15) is 9.59 Å². The minimum Gasteiger partial charge on any atom is -0.495 e. The molecular formula is C14H20N2O4. The summed E-state index contributed by atoms with van der Waals surface area (Å²) in [5, 5.41) is 14.2. The Balaban J connectivity index is 2.73. The van der Waals surface area contributed by atoms with Crippen molar-refractivity contribution in [1.29, 1.82) is 0 Å². The van der Waals surface area contributed by atoms with Gasteiger partial charge in [-0.25, -0.2) is 9.59 Å². The molecule has 0 aliphatic rings. The number of rotatable bonds is 6. The molecule has 0 bridgehead atoms. The van der Waals surface area contributed by atoms with Crippen LogP contribution in [0.1, 0.15) is 20.3 Å². The van der Waals surface area contributed by atoms with Crippen LogP contribution in [0.25, 0.3) is 0 Å². The standard InChI is InChI=1S/C14H20N2O4/c1-4-9(2)12(13(17)18)16-14(19)15-10-7-5-6-8-11(10)20-3/h5-9,12H,4H2,1-3H3,(H,17,18)(H2,15,16,19)/t9?,12-/m0/s1. The molecule has 0 radical (unpaired) electrons. The maximum atomic E-state index is 11.9. The Morgan fingerprint density at radius 3 is 2.55 bits per heavy atom. The van der Waals surface area contributed by atoms with Crippen molar-refractivity contribution in [3.05, 3.63) is 24.3 Å². The van der Waals surface area contributed by atoms with Gasteiger partial charge in [-0.05, 0) is 18.1 Å². The number of carboxylic acids is 1. The highest BCUT2D eigenvalue weighted by molar-refractivity contribution is 5.93. The second kappa shape index (κ2) is 7.37. The third-order valence-corrected chi connectivity index (χ3v) is 3.12. The number of urea groups is 1. The van der Waals surface area contributed by atoms with Crippen LogP contribution >= 0.6 is 0 Å². The smallest absolute Gasteiger partial charge is 0.326 e. The number of methoxy groups -OCH3 is 1. The number of hydrogen-bond acceptors (Lipinski definition) is 3. The van der Waals surface area contributed by atoms with E-state index < -0.39 is 18.0 Å². The van der Waals surface area contributed by atoms with E-state index in [1.54, 1.807) is 31.2 Å². The van der Waals surface area contributed by atoms with Gasteiger partial charge in [0.25, 0.3) is 0 Å². The Bertz CT molecular complexity index is 476. The van der Waals surface area contributed by atoms with Crippen LogP contribution in [0.3, 0.4) is 0 Å². The van der Waals surface area contributed by atoms with Crippen LogP contribution in [-0.4, -0.2) is 30.3 Å². The summed E-state index contributed by atoms with van der Waals surface area (Å²) in [5.74, 6) is -0.691. The molecule has 0 saturated carbocycles. The van der Waals surface area contributed by atoms with Crippen LogP contribution in [0.5, 0.6) is 5.75 Å². The number of amides is 2. The zero-order valence-corrected chi connectivity index (χ0v) is 11.8. The van der Waals surface area contributed by atoms with Crippen LogP contribution in [0, 0.1) is 5.92 Å². The van der Waals surface area contributed by atoms with Gasteiger partial charge in [0, 0.05) is 0 Å². The summed E-state index contributed by atoms with van der Waals surface area (Å²) < 4.78 is 5.11. The van der Waals surface area contributed by atoms with Crippen LogP contribution in [0.4, 0.5) is 10.5 Å². The van der Waals surface area contributed by atoms with Gasteiger partial charge in [0.2, 0.25) is 0 Å². The van der Waals surface area contributed by atoms with Gasteiger partial charge in [-0.2, -0.15) is 0 Å². The molecule has 0 fully saturated rings. The number of anilines is 1. The molecule has 6 heteroatoms. The van der Waals surface area contributed by atoms with Crippen molar-refractivity contribution in [2.45, 2.75) is 26.3 Å². The molecule has 0 spiro atoms. The molecule has 6 nitrogen and oxygen atoms in total. The summed E-state index contributed by atoms with van der Waals surface area (Å²) in [7, 11) is 1.50. The van der Waals surface area contributed by atoms with Gasteiger partial charge in [0.05, 0.1) is 12.8 Å². The highest BCUT2D eigenvalue weighted by atomic mass is 16.5. The summed E-state index contributed by atoms with van der Waals surface area (Å²) in [6.45, 7) is 3.66. The minimum atomic E-state index is -1.05. The van der Waals surface area contributed by atoms with E-state index in [-0.39, 0.29) is 5.92 Å². The van der Waals surface area contributed by atoms with E-state index in [0.717, 1.165) is 0 Å². The van der Waals surface area contributed by atoms with Crippen molar-refractivity contribution in [3.63, 3.8) is 0 Å². The number of hydrogen-bond donors (Lipinski definition) is 3. The molecule has 0 aliphatic carbocycles. The van der Waals surface area contributed by atoms with E-state index in [2.05, 4.69) is 10.6 Å². The third-order valence-electron chi connectivity index (χ3n) is 3.12. The lowest BCUT2D eigenvalue weighted by Gasteiger charge is -2.20. The zero-order valence-electron chi connectivity index (χ0n) is 11.8. The lowest BCUT2D eigenvalue weighted by atomic mass is 9.99. The van der Waals surface area contributed by atoms with E-state index >= 15 is 0 Å². The van der Waals surface area contributed by atoms with Crippen molar-refractivity contribution >= 4 is 17.7 Å². The molecule has 1 rings (SSSR count). The second-order valence-electron chi connectivity index (χ2n) is 4.50. The number of ether oxygens (including phenoxy) is 1. The molecular weight excluding hydrogens is 260 g/mol. The molecule has 1 aromatic carbocycles. The summed E-state index contributed by atoms with van der Waals surface area (Å²) in [6.07, 6.45) is 0.659. The quantitative estimate of drug-likeness (QED) is 0.746. The number of para-hydroxylation sites is 2. The van der Waals surface area contributed by atoms with Crippen LogP contribution < -0.4 is 15.4 Å². The maximum Gasteiger partial charge on any atom is 0.326 e. The van der Waals surface area contributed by atoms with Gasteiger partial charge in [0.1, 0.15) is 11.8 Å². The Kier molecular flexibility index (Phi) is 5.83. The zero-order chi connectivity index (χ0) is 15.1. The molecule has 0 aromatic heterocycles.